The quantitative estimate of drug-likeness (QED) is 0.839. The molecule has 2 aliphatic heterocycles. The van der Waals surface area contributed by atoms with Gasteiger partial charge in [0.05, 0.1) is 12.0 Å². The van der Waals surface area contributed by atoms with Gasteiger partial charge in [-0.1, -0.05) is 54.1 Å². The van der Waals surface area contributed by atoms with Crippen LogP contribution in [0.3, 0.4) is 0 Å². The first-order chi connectivity index (χ1) is 11.6. The summed E-state index contributed by atoms with van der Waals surface area (Å²) in [5.74, 6) is -0.916. The molecule has 0 spiro atoms. The van der Waals surface area contributed by atoms with Gasteiger partial charge in [0.2, 0.25) is 11.8 Å². The third-order valence-electron chi connectivity index (χ3n) is 4.58. The second kappa shape index (κ2) is 6.02. The number of nitrogens with one attached hydrogen (secondary N) is 2. The molecule has 2 heterocycles. The van der Waals surface area contributed by atoms with Gasteiger partial charge in [0.1, 0.15) is 6.04 Å². The van der Waals surface area contributed by atoms with Gasteiger partial charge < -0.3 is 0 Å². The minimum absolute atomic E-state index is 0.229. The van der Waals surface area contributed by atoms with Gasteiger partial charge >= 0.3 is 0 Å². The van der Waals surface area contributed by atoms with Crippen LogP contribution in [0.1, 0.15) is 17.2 Å². The summed E-state index contributed by atoms with van der Waals surface area (Å²) in [6.45, 7) is 0.548. The van der Waals surface area contributed by atoms with Crippen LogP contribution in [0.2, 0.25) is 5.02 Å². The van der Waals surface area contributed by atoms with Gasteiger partial charge in [-0.2, -0.15) is 0 Å². The molecule has 2 aliphatic rings. The first-order valence-corrected chi connectivity index (χ1v) is 8.18. The fourth-order valence-electron chi connectivity index (χ4n) is 3.47. The summed E-state index contributed by atoms with van der Waals surface area (Å²) in [4.78, 5) is 24.6. The molecule has 0 unspecified atom stereocenters. The molecule has 24 heavy (non-hydrogen) atoms. The maximum absolute atomic E-state index is 12.3. The lowest BCUT2D eigenvalue weighted by Crippen LogP contribution is -2.43. The van der Waals surface area contributed by atoms with E-state index in [2.05, 4.69) is 10.7 Å². The van der Waals surface area contributed by atoms with Gasteiger partial charge in [0, 0.05) is 11.6 Å². The molecule has 6 heteroatoms. The molecule has 0 bridgehead atoms. The highest BCUT2D eigenvalue weighted by atomic mass is 35.5. The van der Waals surface area contributed by atoms with E-state index in [9.17, 15) is 9.59 Å². The predicted molar refractivity (Wildman–Crippen MR) is 89.7 cm³/mol. The Bertz CT molecular complexity index is 779. The average molecular weight is 342 g/mol. The summed E-state index contributed by atoms with van der Waals surface area (Å²) in [6.07, 6.45) is 0. The fourth-order valence-corrected chi connectivity index (χ4v) is 3.60. The second-order valence-corrected chi connectivity index (χ2v) is 6.53. The number of fused-ring (bicyclic) bond motifs is 1. The number of amides is 2. The minimum Gasteiger partial charge on any atom is -0.295 e. The molecule has 4 rings (SSSR count). The lowest BCUT2D eigenvalue weighted by Gasteiger charge is -2.22. The molecule has 2 aromatic rings. The van der Waals surface area contributed by atoms with Crippen molar-refractivity contribution < 1.29 is 9.59 Å². The van der Waals surface area contributed by atoms with E-state index < -0.39 is 12.0 Å². The Morgan fingerprint density at radius 1 is 0.958 bits per heavy atom. The molecule has 5 nitrogen and oxygen atoms in total. The van der Waals surface area contributed by atoms with E-state index >= 15 is 0 Å². The first kappa shape index (κ1) is 15.3. The monoisotopic (exact) mass is 341 g/mol. The van der Waals surface area contributed by atoms with Crippen molar-refractivity contribution >= 4 is 23.4 Å². The summed E-state index contributed by atoms with van der Waals surface area (Å²) in [6, 6.07) is 16.5. The summed E-state index contributed by atoms with van der Waals surface area (Å²) in [5.41, 5.74) is 5.36. The number of halogens is 1. The van der Waals surface area contributed by atoms with E-state index in [1.54, 1.807) is 12.1 Å². The molecule has 2 amide bonds. The molecule has 0 aromatic heterocycles. The van der Waals surface area contributed by atoms with Crippen molar-refractivity contribution in [1.29, 1.82) is 0 Å². The Kier molecular flexibility index (Phi) is 3.84. The standard InChI is InChI=1S/C18H16ClN3O2/c19-13-8-6-12(7-9-13)15-14-16(18(24)20-17(14)23)22(21-15)10-11-4-2-1-3-5-11/h1-9,14-16,21H,10H2,(H,20,23,24)/t14-,15+,16+/m1/s1. The van der Waals surface area contributed by atoms with E-state index in [0.717, 1.165) is 11.1 Å². The van der Waals surface area contributed by atoms with Crippen LogP contribution in [0.4, 0.5) is 0 Å². The summed E-state index contributed by atoms with van der Waals surface area (Å²) in [7, 11) is 0. The van der Waals surface area contributed by atoms with Crippen molar-refractivity contribution in [2.75, 3.05) is 0 Å². The highest BCUT2D eigenvalue weighted by Gasteiger charge is 2.54. The van der Waals surface area contributed by atoms with Crippen molar-refractivity contribution in [2.45, 2.75) is 18.6 Å². The average Bonchev–Trinajstić information content (AvgIpc) is 3.09. The van der Waals surface area contributed by atoms with Crippen molar-refractivity contribution in [3.63, 3.8) is 0 Å². The first-order valence-electron chi connectivity index (χ1n) is 7.80. The number of hydrogen-bond donors (Lipinski definition) is 2. The number of nitrogens with zero attached hydrogens (tertiary/aromatic N) is 1. The van der Waals surface area contributed by atoms with Crippen LogP contribution in [-0.4, -0.2) is 22.9 Å². The van der Waals surface area contributed by atoms with Gasteiger partial charge in [0.15, 0.2) is 0 Å². The van der Waals surface area contributed by atoms with Gasteiger partial charge in [-0.25, -0.2) is 10.4 Å². The van der Waals surface area contributed by atoms with Crippen LogP contribution in [0.25, 0.3) is 0 Å². The Balaban J connectivity index is 1.66. The maximum Gasteiger partial charge on any atom is 0.246 e. The van der Waals surface area contributed by atoms with Crippen LogP contribution in [0.5, 0.6) is 0 Å². The summed E-state index contributed by atoms with van der Waals surface area (Å²) >= 11 is 5.95. The third-order valence-corrected chi connectivity index (χ3v) is 4.83. The molecular formula is C18H16ClN3O2. The van der Waals surface area contributed by atoms with E-state index in [0.29, 0.717) is 11.6 Å². The number of carbonyl (C=O) groups excluding carboxylic acids is 2. The molecule has 122 valence electrons. The SMILES string of the molecule is O=C1NC(=O)[C@@H]2[C@H]1[C@H](c1ccc(Cl)cc1)NN2Cc1ccccc1. The van der Waals surface area contributed by atoms with E-state index in [1.165, 1.54) is 0 Å². The van der Waals surface area contributed by atoms with Crippen LogP contribution in [0.15, 0.2) is 54.6 Å². The minimum atomic E-state index is -0.501. The normalized spacial score (nSPS) is 26.5. The molecule has 2 N–H and O–H groups in total. The third kappa shape index (κ3) is 2.60. The second-order valence-electron chi connectivity index (χ2n) is 6.10. The highest BCUT2D eigenvalue weighted by Crippen LogP contribution is 2.37. The Morgan fingerprint density at radius 2 is 1.67 bits per heavy atom. The lowest BCUT2D eigenvalue weighted by atomic mass is 9.91. The maximum atomic E-state index is 12.3. The number of imide groups is 1. The largest absolute Gasteiger partial charge is 0.295 e. The molecule has 2 fully saturated rings. The Morgan fingerprint density at radius 3 is 2.38 bits per heavy atom. The van der Waals surface area contributed by atoms with E-state index in [-0.39, 0.29) is 17.9 Å². The molecular weight excluding hydrogens is 326 g/mol. The number of benzene rings is 2. The van der Waals surface area contributed by atoms with Crippen LogP contribution in [-0.2, 0) is 16.1 Å². The van der Waals surface area contributed by atoms with E-state index in [1.807, 2.05) is 47.5 Å². The highest BCUT2D eigenvalue weighted by molar-refractivity contribution is 6.30. The molecule has 2 aromatic carbocycles. The molecule has 3 atom stereocenters. The molecule has 2 saturated heterocycles. The number of rotatable bonds is 3. The fraction of sp³-hybridized carbons (Fsp3) is 0.222. The van der Waals surface area contributed by atoms with Crippen molar-refractivity contribution in [1.82, 2.24) is 15.8 Å². The van der Waals surface area contributed by atoms with Crippen molar-refractivity contribution in [2.24, 2.45) is 5.92 Å². The summed E-state index contributed by atoms with van der Waals surface area (Å²) in [5, 5.41) is 4.96. The smallest absolute Gasteiger partial charge is 0.246 e. The summed E-state index contributed by atoms with van der Waals surface area (Å²) < 4.78 is 0. The zero-order valence-electron chi connectivity index (χ0n) is 12.8. The van der Waals surface area contributed by atoms with E-state index in [4.69, 9.17) is 11.6 Å². The van der Waals surface area contributed by atoms with Crippen LogP contribution >= 0.6 is 11.6 Å². The van der Waals surface area contributed by atoms with Crippen molar-refractivity contribution in [3.05, 3.63) is 70.7 Å². The number of hydrazine groups is 1. The van der Waals surface area contributed by atoms with Gasteiger partial charge in [-0.05, 0) is 23.3 Å². The number of carbonyl (C=O) groups is 2. The van der Waals surface area contributed by atoms with Gasteiger partial charge in [-0.15, -0.1) is 0 Å². The zero-order valence-corrected chi connectivity index (χ0v) is 13.5. The van der Waals surface area contributed by atoms with Crippen LogP contribution in [0, 0.1) is 5.92 Å². The molecule has 0 radical (unpaired) electrons. The molecule has 0 aliphatic carbocycles. The topological polar surface area (TPSA) is 61.4 Å². The Hall–Kier alpha value is -2.21. The molecule has 0 saturated carbocycles. The lowest BCUT2D eigenvalue weighted by molar-refractivity contribution is -0.127. The van der Waals surface area contributed by atoms with Gasteiger partial charge in [-0.3, -0.25) is 14.9 Å². The van der Waals surface area contributed by atoms with Gasteiger partial charge in [0.25, 0.3) is 0 Å². The predicted octanol–water partition coefficient (Wildman–Crippen LogP) is 2.04. The number of hydrogen-bond acceptors (Lipinski definition) is 4. The van der Waals surface area contributed by atoms with Crippen LogP contribution < -0.4 is 10.7 Å². The zero-order chi connectivity index (χ0) is 16.7. The van der Waals surface area contributed by atoms with Crippen molar-refractivity contribution in [3.8, 4) is 0 Å². The Labute approximate surface area is 144 Å².